The van der Waals surface area contributed by atoms with Crippen LogP contribution in [-0.2, 0) is 4.79 Å². The van der Waals surface area contributed by atoms with E-state index in [1.165, 1.54) is 0 Å². The van der Waals surface area contributed by atoms with Gasteiger partial charge in [-0.1, -0.05) is 20.8 Å². The number of aliphatic hydroxyl groups is 1. The maximum absolute atomic E-state index is 11.3. The lowest BCUT2D eigenvalue weighted by atomic mass is 9.94. The first-order valence-corrected chi connectivity index (χ1v) is 5.76. The van der Waals surface area contributed by atoms with E-state index >= 15 is 0 Å². The van der Waals surface area contributed by atoms with E-state index in [-0.39, 0.29) is 24.6 Å². The molecule has 0 aliphatic carbocycles. The summed E-state index contributed by atoms with van der Waals surface area (Å²) >= 11 is 0. The molecule has 0 bridgehead atoms. The van der Waals surface area contributed by atoms with Crippen LogP contribution in [-0.4, -0.2) is 36.2 Å². The number of rotatable bonds is 8. The van der Waals surface area contributed by atoms with Gasteiger partial charge in [0.25, 0.3) is 0 Å². The molecule has 0 aromatic carbocycles. The Morgan fingerprint density at radius 2 is 1.87 bits per heavy atom. The maximum atomic E-state index is 11.3. The van der Waals surface area contributed by atoms with Crippen LogP contribution in [0.1, 0.15) is 40.0 Å². The molecule has 4 nitrogen and oxygen atoms in total. The Bertz CT molecular complexity index is 171. The summed E-state index contributed by atoms with van der Waals surface area (Å²) in [5.41, 5.74) is -0.302. The fourth-order valence-electron chi connectivity index (χ4n) is 1.37. The van der Waals surface area contributed by atoms with E-state index < -0.39 is 0 Å². The van der Waals surface area contributed by atoms with Crippen molar-refractivity contribution in [1.29, 1.82) is 0 Å². The number of nitrogens with one attached hydrogen (secondary N) is 2. The van der Waals surface area contributed by atoms with Crippen molar-refractivity contribution in [2.45, 2.75) is 45.6 Å². The van der Waals surface area contributed by atoms with Crippen LogP contribution in [0.2, 0.25) is 0 Å². The van der Waals surface area contributed by atoms with Crippen molar-refractivity contribution in [2.75, 3.05) is 19.7 Å². The molecule has 90 valence electrons. The first kappa shape index (κ1) is 14.4. The fraction of sp³-hybridized carbons (Fsp3) is 0.909. The Hall–Kier alpha value is -0.610. The van der Waals surface area contributed by atoms with Gasteiger partial charge >= 0.3 is 0 Å². The fourth-order valence-corrected chi connectivity index (χ4v) is 1.37. The number of amides is 1. The normalized spacial score (nSPS) is 11.5. The quantitative estimate of drug-likeness (QED) is 0.558. The molecule has 0 aromatic rings. The molecule has 0 aliphatic heterocycles. The summed E-state index contributed by atoms with van der Waals surface area (Å²) in [4.78, 5) is 11.3. The van der Waals surface area contributed by atoms with Gasteiger partial charge in [-0.3, -0.25) is 4.79 Å². The molecule has 0 unspecified atom stereocenters. The first-order valence-electron chi connectivity index (χ1n) is 5.76. The van der Waals surface area contributed by atoms with Crippen LogP contribution in [0.3, 0.4) is 0 Å². The van der Waals surface area contributed by atoms with Gasteiger partial charge in [0.1, 0.15) is 0 Å². The minimum atomic E-state index is -0.302. The van der Waals surface area contributed by atoms with Gasteiger partial charge in [-0.25, -0.2) is 0 Å². The summed E-state index contributed by atoms with van der Waals surface area (Å²) in [7, 11) is 0. The summed E-state index contributed by atoms with van der Waals surface area (Å²) < 4.78 is 0. The SMILES string of the molecule is CCCNC(=O)CNC(CC)(CC)CO. The molecule has 0 rings (SSSR count). The molecule has 0 aromatic heterocycles. The van der Waals surface area contributed by atoms with Gasteiger partial charge in [-0.2, -0.15) is 0 Å². The zero-order valence-electron chi connectivity index (χ0n) is 10.1. The van der Waals surface area contributed by atoms with E-state index in [1.54, 1.807) is 0 Å². The van der Waals surface area contributed by atoms with Crippen molar-refractivity contribution in [3.8, 4) is 0 Å². The molecule has 0 aliphatic rings. The zero-order chi connectivity index (χ0) is 11.7. The summed E-state index contributed by atoms with van der Waals surface area (Å²) in [5.74, 6) is -0.00317. The van der Waals surface area contributed by atoms with Crippen LogP contribution < -0.4 is 10.6 Å². The summed E-state index contributed by atoms with van der Waals surface area (Å²) in [6, 6.07) is 0. The first-order chi connectivity index (χ1) is 7.14. The molecule has 0 spiro atoms. The van der Waals surface area contributed by atoms with Gasteiger partial charge in [-0.05, 0) is 19.3 Å². The molecule has 0 radical (unpaired) electrons. The highest BCUT2D eigenvalue weighted by molar-refractivity contribution is 5.78. The summed E-state index contributed by atoms with van der Waals surface area (Å²) in [6.07, 6.45) is 2.58. The molecular formula is C11H24N2O2. The second-order valence-electron chi connectivity index (χ2n) is 3.85. The molecule has 0 heterocycles. The van der Waals surface area contributed by atoms with Crippen LogP contribution >= 0.6 is 0 Å². The van der Waals surface area contributed by atoms with Crippen molar-refractivity contribution >= 4 is 5.91 Å². The second-order valence-corrected chi connectivity index (χ2v) is 3.85. The zero-order valence-corrected chi connectivity index (χ0v) is 10.1. The third kappa shape index (κ3) is 5.14. The Morgan fingerprint density at radius 3 is 2.27 bits per heavy atom. The van der Waals surface area contributed by atoms with Gasteiger partial charge in [0.05, 0.1) is 13.2 Å². The molecule has 1 amide bonds. The highest BCUT2D eigenvalue weighted by atomic mass is 16.3. The Kier molecular flexibility index (Phi) is 7.34. The Morgan fingerprint density at radius 1 is 1.27 bits per heavy atom. The van der Waals surface area contributed by atoms with E-state index in [0.717, 1.165) is 19.3 Å². The molecule has 0 saturated carbocycles. The maximum Gasteiger partial charge on any atom is 0.233 e. The summed E-state index contributed by atoms with van der Waals surface area (Å²) in [5, 5.41) is 15.2. The smallest absolute Gasteiger partial charge is 0.233 e. The molecular weight excluding hydrogens is 192 g/mol. The minimum absolute atomic E-state index is 0.00317. The molecule has 3 N–H and O–H groups in total. The topological polar surface area (TPSA) is 61.4 Å². The number of carbonyl (C=O) groups excluding carboxylic acids is 1. The second kappa shape index (κ2) is 7.65. The Balaban J connectivity index is 3.93. The van der Waals surface area contributed by atoms with E-state index in [2.05, 4.69) is 10.6 Å². The number of carbonyl (C=O) groups is 1. The van der Waals surface area contributed by atoms with Crippen LogP contribution in [0.15, 0.2) is 0 Å². The van der Waals surface area contributed by atoms with E-state index in [1.807, 2.05) is 20.8 Å². The molecule has 0 saturated heterocycles. The standard InChI is InChI=1S/C11H24N2O2/c1-4-7-12-10(15)8-13-11(5-2,6-3)9-14/h13-14H,4-9H2,1-3H3,(H,12,15). The monoisotopic (exact) mass is 216 g/mol. The van der Waals surface area contributed by atoms with Gasteiger partial charge < -0.3 is 15.7 Å². The lowest BCUT2D eigenvalue weighted by Crippen LogP contribution is -2.51. The van der Waals surface area contributed by atoms with Crippen LogP contribution in [0, 0.1) is 0 Å². The Labute approximate surface area is 92.4 Å². The van der Waals surface area contributed by atoms with Crippen molar-refractivity contribution in [1.82, 2.24) is 10.6 Å². The van der Waals surface area contributed by atoms with E-state index in [0.29, 0.717) is 6.54 Å². The predicted octanol–water partition coefficient (Wildman–Crippen LogP) is 0.653. The predicted molar refractivity (Wildman–Crippen MR) is 61.7 cm³/mol. The van der Waals surface area contributed by atoms with E-state index in [4.69, 9.17) is 0 Å². The van der Waals surface area contributed by atoms with Crippen LogP contribution in [0.5, 0.6) is 0 Å². The third-order valence-corrected chi connectivity index (χ3v) is 2.85. The molecule has 15 heavy (non-hydrogen) atoms. The average Bonchev–Trinajstić information content (AvgIpc) is 2.29. The van der Waals surface area contributed by atoms with Crippen molar-refractivity contribution in [2.24, 2.45) is 0 Å². The summed E-state index contributed by atoms with van der Waals surface area (Å²) in [6.45, 7) is 7.10. The van der Waals surface area contributed by atoms with Crippen molar-refractivity contribution in [3.05, 3.63) is 0 Å². The lowest BCUT2D eigenvalue weighted by molar-refractivity contribution is -0.120. The number of hydrogen-bond donors (Lipinski definition) is 3. The molecule has 0 atom stereocenters. The highest BCUT2D eigenvalue weighted by Crippen LogP contribution is 2.13. The van der Waals surface area contributed by atoms with Crippen molar-refractivity contribution in [3.63, 3.8) is 0 Å². The lowest BCUT2D eigenvalue weighted by Gasteiger charge is -2.30. The molecule has 0 fully saturated rings. The third-order valence-electron chi connectivity index (χ3n) is 2.85. The largest absolute Gasteiger partial charge is 0.394 e. The minimum Gasteiger partial charge on any atom is -0.394 e. The van der Waals surface area contributed by atoms with Crippen LogP contribution in [0.25, 0.3) is 0 Å². The van der Waals surface area contributed by atoms with Gasteiger partial charge in [0.2, 0.25) is 5.91 Å². The van der Waals surface area contributed by atoms with Gasteiger partial charge in [-0.15, -0.1) is 0 Å². The van der Waals surface area contributed by atoms with Gasteiger partial charge in [0, 0.05) is 12.1 Å². The molecule has 4 heteroatoms. The van der Waals surface area contributed by atoms with E-state index in [9.17, 15) is 9.90 Å². The average molecular weight is 216 g/mol. The highest BCUT2D eigenvalue weighted by Gasteiger charge is 2.24. The van der Waals surface area contributed by atoms with Crippen molar-refractivity contribution < 1.29 is 9.90 Å². The van der Waals surface area contributed by atoms with Crippen LogP contribution in [0.4, 0.5) is 0 Å². The number of aliphatic hydroxyl groups excluding tert-OH is 1. The number of hydrogen-bond acceptors (Lipinski definition) is 3. The van der Waals surface area contributed by atoms with Gasteiger partial charge in [0.15, 0.2) is 0 Å².